The Labute approximate surface area is 103 Å². The Morgan fingerprint density at radius 2 is 1.78 bits per heavy atom. The number of ether oxygens (including phenoxy) is 2. The summed E-state index contributed by atoms with van der Waals surface area (Å²) in [6.07, 6.45) is -7.28. The predicted molar refractivity (Wildman–Crippen MR) is 56.6 cm³/mol. The summed E-state index contributed by atoms with van der Waals surface area (Å²) in [4.78, 5) is 10.9. The van der Waals surface area contributed by atoms with Crippen LogP contribution in [0, 0.1) is 0 Å². The summed E-state index contributed by atoms with van der Waals surface area (Å²) < 4.78 is 10.1. The van der Waals surface area contributed by atoms with Crippen molar-refractivity contribution in [2.75, 3.05) is 6.61 Å². The Hall–Kier alpha value is -0.770. The van der Waals surface area contributed by atoms with E-state index in [9.17, 15) is 20.1 Å². The number of aliphatic carboxylic acids is 1. The lowest BCUT2D eigenvalue weighted by Crippen LogP contribution is -2.61. The second-order valence-electron chi connectivity index (χ2n) is 4.63. The van der Waals surface area contributed by atoms with Gasteiger partial charge in [-0.15, -0.1) is 0 Å². The first-order valence-electron chi connectivity index (χ1n) is 5.42. The molecule has 18 heavy (non-hydrogen) atoms. The second-order valence-corrected chi connectivity index (χ2v) is 4.63. The van der Waals surface area contributed by atoms with Crippen LogP contribution in [-0.4, -0.2) is 74.4 Å². The van der Waals surface area contributed by atoms with Gasteiger partial charge in [-0.05, 0) is 13.8 Å². The highest BCUT2D eigenvalue weighted by molar-refractivity contribution is 5.76. The number of carboxylic acids is 1. The molecule has 5 N–H and O–H groups in total. The average molecular weight is 266 g/mol. The SMILES string of the molecule is CC(C)(O[C@@H]1O[C@H](CO)[C@@H](O)[C@H](O)[C@H]1O)C(=O)O. The van der Waals surface area contributed by atoms with E-state index in [0.717, 1.165) is 0 Å². The van der Waals surface area contributed by atoms with E-state index >= 15 is 0 Å². The molecular weight excluding hydrogens is 248 g/mol. The van der Waals surface area contributed by atoms with Crippen LogP contribution in [0.5, 0.6) is 0 Å². The van der Waals surface area contributed by atoms with Gasteiger partial charge in [0.25, 0.3) is 0 Å². The average Bonchev–Trinajstić information content (AvgIpc) is 2.29. The summed E-state index contributed by atoms with van der Waals surface area (Å²) in [5, 5.41) is 46.4. The summed E-state index contributed by atoms with van der Waals surface area (Å²) in [6.45, 7) is 1.89. The van der Waals surface area contributed by atoms with Crippen molar-refractivity contribution in [1.29, 1.82) is 0 Å². The highest BCUT2D eigenvalue weighted by atomic mass is 16.7. The number of hydrogen-bond acceptors (Lipinski definition) is 7. The molecule has 1 rings (SSSR count). The molecule has 0 aromatic heterocycles. The van der Waals surface area contributed by atoms with Gasteiger partial charge in [-0.1, -0.05) is 0 Å². The molecule has 1 fully saturated rings. The normalized spacial score (nSPS) is 37.6. The highest BCUT2D eigenvalue weighted by Gasteiger charge is 2.46. The van der Waals surface area contributed by atoms with Crippen LogP contribution in [0.1, 0.15) is 13.8 Å². The largest absolute Gasteiger partial charge is 0.479 e. The van der Waals surface area contributed by atoms with E-state index in [2.05, 4.69) is 0 Å². The van der Waals surface area contributed by atoms with Crippen molar-refractivity contribution < 1.29 is 39.8 Å². The minimum Gasteiger partial charge on any atom is -0.479 e. The first-order valence-corrected chi connectivity index (χ1v) is 5.42. The van der Waals surface area contributed by atoms with E-state index in [0.29, 0.717) is 0 Å². The Morgan fingerprint density at radius 3 is 2.22 bits per heavy atom. The molecule has 0 radical (unpaired) electrons. The third-order valence-corrected chi connectivity index (χ3v) is 2.77. The lowest BCUT2D eigenvalue weighted by molar-refractivity contribution is -0.320. The molecule has 1 aliphatic heterocycles. The molecule has 8 nitrogen and oxygen atoms in total. The van der Waals surface area contributed by atoms with E-state index in [4.69, 9.17) is 19.7 Å². The zero-order chi connectivity index (χ0) is 14.1. The summed E-state index contributed by atoms with van der Waals surface area (Å²) in [6, 6.07) is 0. The number of hydrogen-bond donors (Lipinski definition) is 5. The molecule has 0 aromatic rings. The van der Waals surface area contributed by atoms with Crippen molar-refractivity contribution in [3.05, 3.63) is 0 Å². The van der Waals surface area contributed by atoms with Crippen molar-refractivity contribution in [2.45, 2.75) is 50.2 Å². The zero-order valence-electron chi connectivity index (χ0n) is 10.1. The van der Waals surface area contributed by atoms with Gasteiger partial charge in [0.15, 0.2) is 11.9 Å². The summed E-state index contributed by atoms with van der Waals surface area (Å²) in [5.74, 6) is -1.28. The predicted octanol–water partition coefficient (Wildman–Crippen LogP) is -2.33. The third kappa shape index (κ3) is 2.97. The van der Waals surface area contributed by atoms with Gasteiger partial charge in [0, 0.05) is 0 Å². The summed E-state index contributed by atoms with van der Waals surface area (Å²) in [7, 11) is 0. The van der Waals surface area contributed by atoms with Crippen molar-refractivity contribution in [3.8, 4) is 0 Å². The molecule has 1 heterocycles. The maximum absolute atomic E-state index is 10.9. The fraction of sp³-hybridized carbons (Fsp3) is 0.900. The lowest BCUT2D eigenvalue weighted by Gasteiger charge is -2.41. The number of carbonyl (C=O) groups is 1. The van der Waals surface area contributed by atoms with E-state index in [-0.39, 0.29) is 0 Å². The lowest BCUT2D eigenvalue weighted by atomic mass is 9.99. The van der Waals surface area contributed by atoms with Crippen molar-refractivity contribution in [1.82, 2.24) is 0 Å². The molecule has 106 valence electrons. The second kappa shape index (κ2) is 5.47. The first-order chi connectivity index (χ1) is 8.20. The van der Waals surface area contributed by atoms with Crippen LogP contribution < -0.4 is 0 Å². The Kier molecular flexibility index (Phi) is 4.65. The molecule has 5 atom stereocenters. The van der Waals surface area contributed by atoms with Crippen LogP contribution in [0.3, 0.4) is 0 Å². The van der Waals surface area contributed by atoms with Crippen LogP contribution in [-0.2, 0) is 14.3 Å². The Morgan fingerprint density at radius 1 is 1.22 bits per heavy atom. The minimum absolute atomic E-state index is 0.599. The van der Waals surface area contributed by atoms with Crippen molar-refractivity contribution in [2.24, 2.45) is 0 Å². The smallest absolute Gasteiger partial charge is 0.335 e. The number of rotatable bonds is 4. The van der Waals surface area contributed by atoms with Gasteiger partial charge >= 0.3 is 5.97 Å². The van der Waals surface area contributed by atoms with Crippen LogP contribution in [0.2, 0.25) is 0 Å². The number of carboxylic acid groups (broad SMARTS) is 1. The fourth-order valence-electron chi connectivity index (χ4n) is 1.51. The van der Waals surface area contributed by atoms with E-state index < -0.39 is 48.9 Å². The molecule has 0 aromatic carbocycles. The molecule has 8 heteroatoms. The highest BCUT2D eigenvalue weighted by Crippen LogP contribution is 2.25. The van der Waals surface area contributed by atoms with Crippen LogP contribution in [0.4, 0.5) is 0 Å². The van der Waals surface area contributed by atoms with Gasteiger partial charge in [-0.3, -0.25) is 0 Å². The summed E-state index contributed by atoms with van der Waals surface area (Å²) >= 11 is 0. The molecule has 0 saturated carbocycles. The van der Waals surface area contributed by atoms with Crippen LogP contribution >= 0.6 is 0 Å². The van der Waals surface area contributed by atoms with Crippen molar-refractivity contribution >= 4 is 5.97 Å². The fourth-order valence-corrected chi connectivity index (χ4v) is 1.51. The zero-order valence-corrected chi connectivity index (χ0v) is 10.1. The molecule has 1 saturated heterocycles. The quantitative estimate of drug-likeness (QED) is 0.382. The molecule has 1 aliphatic rings. The standard InChI is InChI=1S/C10H18O8/c1-10(2,9(15)16)18-8-7(14)6(13)5(12)4(3-11)17-8/h4-8,11-14H,3H2,1-2H3,(H,15,16)/t4-,5-,6+,7-,8+/m1/s1. The topological polar surface area (TPSA) is 137 Å². The van der Waals surface area contributed by atoms with Gasteiger partial charge in [0.05, 0.1) is 6.61 Å². The van der Waals surface area contributed by atoms with Gasteiger partial charge < -0.3 is 35.0 Å². The molecule has 0 amide bonds. The van der Waals surface area contributed by atoms with E-state index in [1.165, 1.54) is 13.8 Å². The molecule has 0 spiro atoms. The molecule has 0 bridgehead atoms. The molecular formula is C10H18O8. The monoisotopic (exact) mass is 266 g/mol. The Bertz CT molecular complexity index is 302. The molecule has 0 unspecified atom stereocenters. The number of aliphatic hydroxyl groups excluding tert-OH is 4. The Balaban J connectivity index is 2.79. The van der Waals surface area contributed by atoms with E-state index in [1.54, 1.807) is 0 Å². The van der Waals surface area contributed by atoms with Crippen molar-refractivity contribution in [3.63, 3.8) is 0 Å². The van der Waals surface area contributed by atoms with Gasteiger partial charge in [0.2, 0.25) is 0 Å². The third-order valence-electron chi connectivity index (χ3n) is 2.77. The van der Waals surface area contributed by atoms with Gasteiger partial charge in [-0.2, -0.15) is 0 Å². The van der Waals surface area contributed by atoms with Gasteiger partial charge in [0.1, 0.15) is 24.4 Å². The maximum Gasteiger partial charge on any atom is 0.335 e. The summed E-state index contributed by atoms with van der Waals surface area (Å²) in [5.41, 5.74) is -1.65. The molecule has 0 aliphatic carbocycles. The first kappa shape index (κ1) is 15.3. The maximum atomic E-state index is 10.9. The van der Waals surface area contributed by atoms with Crippen LogP contribution in [0.15, 0.2) is 0 Å². The van der Waals surface area contributed by atoms with Gasteiger partial charge in [-0.25, -0.2) is 4.79 Å². The van der Waals surface area contributed by atoms with E-state index in [1.807, 2.05) is 0 Å². The number of aliphatic hydroxyl groups is 4. The van der Waals surface area contributed by atoms with Crippen LogP contribution in [0.25, 0.3) is 0 Å². The minimum atomic E-state index is -1.65.